The highest BCUT2D eigenvalue weighted by molar-refractivity contribution is 9.09. The van der Waals surface area contributed by atoms with E-state index in [1.165, 1.54) is 14.2 Å². The first kappa shape index (κ1) is 19.6. The highest BCUT2D eigenvalue weighted by Gasteiger charge is 1.93. The lowest BCUT2D eigenvalue weighted by molar-refractivity contribution is -0.120. The minimum atomic E-state index is -0.461. The maximum absolute atomic E-state index is 10.2. The lowest BCUT2D eigenvalue weighted by Crippen LogP contribution is -2.06. The van der Waals surface area contributed by atoms with Crippen molar-refractivity contribution < 1.29 is 19.1 Å². The Morgan fingerprint density at radius 3 is 1.71 bits per heavy atom. The molecule has 86 valence electrons. The standard InChI is InChI=1S/C4H7BrO2.C3H5ClO2.CH4/c1-7-3-4(6)2-5;1-6-2-3(4)5;/h2-3H2,1H3;2H2,1H3;1H4. The number of halogens is 2. The molecule has 4 nitrogen and oxygen atoms in total. The third-order valence-electron chi connectivity index (χ3n) is 0.712. The van der Waals surface area contributed by atoms with Gasteiger partial charge in [0.2, 0.25) is 5.24 Å². The van der Waals surface area contributed by atoms with Crippen LogP contribution < -0.4 is 0 Å². The molecule has 0 aliphatic rings. The van der Waals surface area contributed by atoms with Crippen LogP contribution in [0.1, 0.15) is 7.43 Å². The number of hydrogen-bond donors (Lipinski definition) is 0. The first-order valence-corrected chi connectivity index (χ1v) is 4.82. The van der Waals surface area contributed by atoms with Crippen LogP contribution in [0.4, 0.5) is 0 Å². The number of alkyl halides is 1. The fraction of sp³-hybridized carbons (Fsp3) is 0.750. The summed E-state index contributed by atoms with van der Waals surface area (Å²) in [6.45, 7) is 0.215. The molecule has 0 rings (SSSR count). The van der Waals surface area contributed by atoms with Crippen molar-refractivity contribution in [2.24, 2.45) is 0 Å². The summed E-state index contributed by atoms with van der Waals surface area (Å²) in [6, 6.07) is 0. The highest BCUT2D eigenvalue weighted by atomic mass is 79.9. The number of carbonyl (C=O) groups excluding carboxylic acids is 2. The molecule has 6 heteroatoms. The van der Waals surface area contributed by atoms with Crippen molar-refractivity contribution in [3.05, 3.63) is 0 Å². The fourth-order valence-corrected chi connectivity index (χ4v) is 0.584. The van der Waals surface area contributed by atoms with Gasteiger partial charge in [-0.15, -0.1) is 0 Å². The van der Waals surface area contributed by atoms with Gasteiger partial charge in [0.15, 0.2) is 5.78 Å². The highest BCUT2D eigenvalue weighted by Crippen LogP contribution is 1.81. The van der Waals surface area contributed by atoms with E-state index in [2.05, 4.69) is 25.4 Å². The van der Waals surface area contributed by atoms with E-state index in [-0.39, 0.29) is 26.4 Å². The minimum Gasteiger partial charge on any atom is -0.377 e. The zero-order valence-corrected chi connectivity index (χ0v) is 9.85. The van der Waals surface area contributed by atoms with Crippen LogP contribution >= 0.6 is 27.5 Å². The Labute approximate surface area is 98.0 Å². The molecule has 0 N–H and O–H groups in total. The third kappa shape index (κ3) is 22.7. The zero-order valence-electron chi connectivity index (χ0n) is 7.51. The van der Waals surface area contributed by atoms with Crippen LogP contribution in [0.5, 0.6) is 0 Å². The molecule has 0 radical (unpaired) electrons. The average Bonchev–Trinajstić information content (AvgIpc) is 2.05. The Kier molecular flexibility index (Phi) is 21.7. The molecule has 0 aromatic carbocycles. The van der Waals surface area contributed by atoms with Gasteiger partial charge in [0.05, 0.1) is 5.33 Å². The minimum absolute atomic E-state index is 0. The van der Waals surface area contributed by atoms with Gasteiger partial charge in [-0.1, -0.05) is 23.4 Å². The monoisotopic (exact) mass is 290 g/mol. The van der Waals surface area contributed by atoms with Crippen LogP contribution in [0.2, 0.25) is 0 Å². The van der Waals surface area contributed by atoms with Gasteiger partial charge in [-0.2, -0.15) is 0 Å². The lowest BCUT2D eigenvalue weighted by Gasteiger charge is -1.88. The Morgan fingerprint density at radius 2 is 1.64 bits per heavy atom. The van der Waals surface area contributed by atoms with Crippen molar-refractivity contribution in [3.8, 4) is 0 Å². The van der Waals surface area contributed by atoms with E-state index in [0.717, 1.165) is 0 Å². The molecule has 0 bridgehead atoms. The van der Waals surface area contributed by atoms with Crippen molar-refractivity contribution in [2.75, 3.05) is 32.8 Å². The molecule has 0 atom stereocenters. The maximum Gasteiger partial charge on any atom is 0.247 e. The van der Waals surface area contributed by atoms with Crippen molar-refractivity contribution in [2.45, 2.75) is 7.43 Å². The van der Waals surface area contributed by atoms with Crippen molar-refractivity contribution in [3.63, 3.8) is 0 Å². The van der Waals surface area contributed by atoms with Crippen LogP contribution in [0.15, 0.2) is 0 Å². The average molecular weight is 292 g/mol. The first-order chi connectivity index (χ1) is 6.08. The summed E-state index contributed by atoms with van der Waals surface area (Å²) in [5, 5.41) is -0.0709. The van der Waals surface area contributed by atoms with E-state index < -0.39 is 5.24 Å². The second-order valence-corrected chi connectivity index (χ2v) is 2.88. The van der Waals surface area contributed by atoms with E-state index in [1.807, 2.05) is 0 Å². The van der Waals surface area contributed by atoms with Crippen LogP contribution in [0, 0.1) is 0 Å². The van der Waals surface area contributed by atoms with E-state index >= 15 is 0 Å². The maximum atomic E-state index is 10.2. The van der Waals surface area contributed by atoms with E-state index in [1.54, 1.807) is 0 Å². The molecule has 0 saturated heterocycles. The number of methoxy groups -OCH3 is 2. The molecule has 0 aliphatic heterocycles. The summed E-state index contributed by atoms with van der Waals surface area (Å²) in [7, 11) is 2.92. The van der Waals surface area contributed by atoms with Gasteiger partial charge in [0.1, 0.15) is 13.2 Å². The van der Waals surface area contributed by atoms with Crippen molar-refractivity contribution in [1.82, 2.24) is 0 Å². The molecule has 0 saturated carbocycles. The van der Waals surface area contributed by atoms with Gasteiger partial charge in [-0.05, 0) is 11.6 Å². The number of carbonyl (C=O) groups is 2. The number of hydrogen-bond acceptors (Lipinski definition) is 4. The second-order valence-electron chi connectivity index (χ2n) is 1.89. The predicted molar refractivity (Wildman–Crippen MR) is 60.1 cm³/mol. The molecule has 0 fully saturated rings. The van der Waals surface area contributed by atoms with Gasteiger partial charge >= 0.3 is 0 Å². The summed E-state index contributed by atoms with van der Waals surface area (Å²) in [5.74, 6) is 0.0718. The Balaban J connectivity index is -0.000000163. The summed E-state index contributed by atoms with van der Waals surface area (Å²) >= 11 is 7.80. The summed E-state index contributed by atoms with van der Waals surface area (Å²) in [6.07, 6.45) is 0. The molecular formula is C8H16BrClO4. The molecule has 0 amide bonds. The number of ketones is 1. The van der Waals surface area contributed by atoms with Gasteiger partial charge in [-0.3, -0.25) is 9.59 Å². The Hall–Kier alpha value is 0.0300. The molecule has 0 heterocycles. The normalized spacial score (nSPS) is 8.00. The fourth-order valence-electron chi connectivity index (χ4n) is 0.313. The molecule has 0 unspecified atom stereocenters. The van der Waals surface area contributed by atoms with Crippen molar-refractivity contribution in [1.29, 1.82) is 0 Å². The zero-order chi connectivity index (χ0) is 10.7. The molecule has 0 aromatic rings. The quantitative estimate of drug-likeness (QED) is 0.571. The molecule has 0 aromatic heterocycles. The van der Waals surface area contributed by atoms with E-state index in [4.69, 9.17) is 11.6 Å². The van der Waals surface area contributed by atoms with Crippen LogP contribution in [-0.2, 0) is 19.1 Å². The first-order valence-electron chi connectivity index (χ1n) is 3.32. The van der Waals surface area contributed by atoms with Gasteiger partial charge in [0.25, 0.3) is 0 Å². The van der Waals surface area contributed by atoms with E-state index in [9.17, 15) is 9.59 Å². The summed E-state index contributed by atoms with van der Waals surface area (Å²) < 4.78 is 8.84. The van der Waals surface area contributed by atoms with Crippen LogP contribution in [0.25, 0.3) is 0 Å². The Bertz CT molecular complexity index is 152. The molecular weight excluding hydrogens is 275 g/mol. The molecule has 14 heavy (non-hydrogen) atoms. The Morgan fingerprint density at radius 1 is 1.21 bits per heavy atom. The van der Waals surface area contributed by atoms with Gasteiger partial charge in [0, 0.05) is 14.2 Å². The topological polar surface area (TPSA) is 52.6 Å². The number of ether oxygens (including phenoxy) is 2. The van der Waals surface area contributed by atoms with Crippen molar-refractivity contribution >= 4 is 38.6 Å². The van der Waals surface area contributed by atoms with Gasteiger partial charge in [-0.25, -0.2) is 0 Å². The lowest BCUT2D eigenvalue weighted by atomic mass is 10.5. The second kappa shape index (κ2) is 15.5. The van der Waals surface area contributed by atoms with E-state index in [0.29, 0.717) is 5.33 Å². The smallest absolute Gasteiger partial charge is 0.247 e. The molecule has 0 aliphatic carbocycles. The molecule has 0 spiro atoms. The summed E-state index contributed by atoms with van der Waals surface area (Å²) in [5.41, 5.74) is 0. The SMILES string of the molecule is C.COCC(=O)CBr.COCC(=O)Cl. The van der Waals surface area contributed by atoms with Crippen LogP contribution in [-0.4, -0.2) is 43.8 Å². The summed E-state index contributed by atoms with van der Waals surface area (Å²) in [4.78, 5) is 19.9. The predicted octanol–water partition coefficient (Wildman–Crippen LogP) is 1.63. The van der Waals surface area contributed by atoms with Gasteiger partial charge < -0.3 is 9.47 Å². The third-order valence-corrected chi connectivity index (χ3v) is 1.45. The largest absolute Gasteiger partial charge is 0.377 e. The number of rotatable bonds is 5. The van der Waals surface area contributed by atoms with Crippen LogP contribution in [0.3, 0.4) is 0 Å². The number of Topliss-reactive ketones (excluding diaryl/α,β-unsaturated/α-hetero) is 1.